The minimum atomic E-state index is -0.103. The number of nitrogens with zero attached hydrogens (tertiary/aromatic N) is 3. The van der Waals surface area contributed by atoms with Crippen LogP contribution in [0, 0.1) is 0 Å². The van der Waals surface area contributed by atoms with Gasteiger partial charge in [-0.05, 0) is 50.9 Å². The molecule has 1 amide bonds. The van der Waals surface area contributed by atoms with Crippen molar-refractivity contribution in [2.45, 2.75) is 56.9 Å². The predicted molar refractivity (Wildman–Crippen MR) is 133 cm³/mol. The molecular weight excluding hydrogens is 491 g/mol. The highest BCUT2D eigenvalue weighted by Crippen LogP contribution is 2.35. The van der Waals surface area contributed by atoms with E-state index in [2.05, 4.69) is 30.8 Å². The molecule has 1 saturated heterocycles. The van der Waals surface area contributed by atoms with Gasteiger partial charge in [0.2, 0.25) is 0 Å². The van der Waals surface area contributed by atoms with Gasteiger partial charge in [0, 0.05) is 44.6 Å². The SMILES string of the molecule is CN=C(NCCNC(=O)c1cccnc1)NCC1(N2CCCCC2)CCCCC1.I. The number of piperidine rings is 1. The first-order valence-corrected chi connectivity index (χ1v) is 11.1. The monoisotopic (exact) mass is 528 g/mol. The zero-order chi connectivity index (χ0) is 20.4. The van der Waals surface area contributed by atoms with Crippen LogP contribution in [-0.4, -0.2) is 67.1 Å². The van der Waals surface area contributed by atoms with E-state index in [1.165, 1.54) is 64.5 Å². The van der Waals surface area contributed by atoms with Crippen molar-refractivity contribution in [1.29, 1.82) is 0 Å². The summed E-state index contributed by atoms with van der Waals surface area (Å²) in [6, 6.07) is 3.53. The van der Waals surface area contributed by atoms with Gasteiger partial charge in [0.15, 0.2) is 5.96 Å². The number of guanidine groups is 1. The Morgan fingerprint density at radius 3 is 2.43 bits per heavy atom. The van der Waals surface area contributed by atoms with Crippen molar-refractivity contribution in [1.82, 2.24) is 25.8 Å². The number of carbonyl (C=O) groups is 1. The molecule has 1 aromatic rings. The van der Waals surface area contributed by atoms with Crippen LogP contribution in [-0.2, 0) is 0 Å². The minimum absolute atomic E-state index is 0. The Balaban J connectivity index is 0.00000320. The van der Waals surface area contributed by atoms with Crippen LogP contribution in [0.1, 0.15) is 61.7 Å². The van der Waals surface area contributed by atoms with Crippen LogP contribution < -0.4 is 16.0 Å². The molecule has 3 rings (SSSR count). The topological polar surface area (TPSA) is 81.6 Å². The van der Waals surface area contributed by atoms with Crippen molar-refractivity contribution in [2.75, 3.05) is 39.8 Å². The predicted octanol–water partition coefficient (Wildman–Crippen LogP) is 2.78. The van der Waals surface area contributed by atoms with Crippen molar-refractivity contribution in [3.8, 4) is 0 Å². The molecule has 2 heterocycles. The molecule has 2 fully saturated rings. The molecule has 30 heavy (non-hydrogen) atoms. The van der Waals surface area contributed by atoms with Crippen LogP contribution >= 0.6 is 24.0 Å². The maximum Gasteiger partial charge on any atom is 0.252 e. The molecule has 168 valence electrons. The van der Waals surface area contributed by atoms with Gasteiger partial charge in [-0.1, -0.05) is 25.7 Å². The molecule has 1 aliphatic carbocycles. The largest absolute Gasteiger partial charge is 0.355 e. The quantitative estimate of drug-likeness (QED) is 0.220. The Kier molecular flexibility index (Phi) is 10.8. The number of hydrogen-bond donors (Lipinski definition) is 3. The first-order valence-electron chi connectivity index (χ1n) is 11.1. The number of aromatic nitrogens is 1. The zero-order valence-electron chi connectivity index (χ0n) is 18.2. The minimum Gasteiger partial charge on any atom is -0.355 e. The van der Waals surface area contributed by atoms with E-state index in [1.807, 2.05) is 0 Å². The fraction of sp³-hybridized carbons (Fsp3) is 0.682. The molecule has 0 radical (unpaired) electrons. The lowest BCUT2D eigenvalue weighted by Crippen LogP contribution is -2.59. The summed E-state index contributed by atoms with van der Waals surface area (Å²) < 4.78 is 0. The lowest BCUT2D eigenvalue weighted by molar-refractivity contribution is 0.0368. The third kappa shape index (κ3) is 7.08. The van der Waals surface area contributed by atoms with Crippen molar-refractivity contribution < 1.29 is 4.79 Å². The zero-order valence-corrected chi connectivity index (χ0v) is 20.5. The number of halogens is 1. The Hall–Kier alpha value is -1.42. The summed E-state index contributed by atoms with van der Waals surface area (Å²) in [4.78, 5) is 23.2. The molecule has 0 spiro atoms. The fourth-order valence-corrected chi connectivity index (χ4v) is 4.61. The molecule has 1 aromatic heterocycles. The Bertz CT molecular complexity index is 657. The summed E-state index contributed by atoms with van der Waals surface area (Å²) in [5.41, 5.74) is 0.848. The highest BCUT2D eigenvalue weighted by atomic mass is 127. The van der Waals surface area contributed by atoms with Crippen LogP contribution in [0.15, 0.2) is 29.5 Å². The summed E-state index contributed by atoms with van der Waals surface area (Å²) in [7, 11) is 1.80. The molecule has 1 saturated carbocycles. The molecule has 0 aromatic carbocycles. The van der Waals surface area contributed by atoms with E-state index in [-0.39, 0.29) is 35.4 Å². The van der Waals surface area contributed by atoms with Gasteiger partial charge in [0.05, 0.1) is 5.56 Å². The maximum atomic E-state index is 12.1. The summed E-state index contributed by atoms with van der Waals surface area (Å²) in [6.45, 7) is 4.56. The lowest BCUT2D eigenvalue weighted by atomic mass is 9.79. The average molecular weight is 528 g/mol. The lowest BCUT2D eigenvalue weighted by Gasteiger charge is -2.48. The van der Waals surface area contributed by atoms with Gasteiger partial charge in [-0.15, -0.1) is 24.0 Å². The van der Waals surface area contributed by atoms with E-state index >= 15 is 0 Å². The number of aliphatic imine (C=N–C) groups is 1. The Morgan fingerprint density at radius 2 is 1.77 bits per heavy atom. The van der Waals surface area contributed by atoms with E-state index < -0.39 is 0 Å². The molecule has 0 bridgehead atoms. The van der Waals surface area contributed by atoms with E-state index in [4.69, 9.17) is 0 Å². The molecule has 1 aliphatic heterocycles. The summed E-state index contributed by atoms with van der Waals surface area (Å²) in [6.07, 6.45) is 13.8. The third-order valence-electron chi connectivity index (χ3n) is 6.25. The molecular formula is C22H37IN6O. The van der Waals surface area contributed by atoms with Gasteiger partial charge in [0.1, 0.15) is 0 Å². The summed E-state index contributed by atoms with van der Waals surface area (Å²) in [5.74, 6) is 0.705. The highest BCUT2D eigenvalue weighted by molar-refractivity contribution is 14.0. The van der Waals surface area contributed by atoms with Gasteiger partial charge in [0.25, 0.3) is 5.91 Å². The van der Waals surface area contributed by atoms with Crippen LogP contribution in [0.2, 0.25) is 0 Å². The number of amides is 1. The summed E-state index contributed by atoms with van der Waals surface area (Å²) in [5, 5.41) is 9.81. The van der Waals surface area contributed by atoms with Crippen LogP contribution in [0.5, 0.6) is 0 Å². The van der Waals surface area contributed by atoms with Crippen molar-refractivity contribution in [2.24, 2.45) is 4.99 Å². The number of rotatable bonds is 7. The Labute approximate surface area is 197 Å². The molecule has 0 unspecified atom stereocenters. The smallest absolute Gasteiger partial charge is 0.252 e. The van der Waals surface area contributed by atoms with Crippen molar-refractivity contribution in [3.05, 3.63) is 30.1 Å². The number of nitrogens with one attached hydrogen (secondary N) is 3. The second kappa shape index (κ2) is 13.1. The van der Waals surface area contributed by atoms with E-state index in [0.29, 0.717) is 18.7 Å². The Morgan fingerprint density at radius 1 is 1.07 bits per heavy atom. The van der Waals surface area contributed by atoms with Crippen LogP contribution in [0.25, 0.3) is 0 Å². The van der Waals surface area contributed by atoms with Crippen LogP contribution in [0.3, 0.4) is 0 Å². The first kappa shape index (κ1) is 24.8. The second-order valence-corrected chi connectivity index (χ2v) is 8.18. The van der Waals surface area contributed by atoms with Crippen molar-refractivity contribution in [3.63, 3.8) is 0 Å². The standard InChI is InChI=1S/C22H36N6O.HI/c1-23-21(26-14-13-25-20(29)19-9-8-12-24-17-19)27-18-22(10-4-2-5-11-22)28-15-6-3-7-16-28;/h8-9,12,17H,2-7,10-11,13-16,18H2,1H3,(H,25,29)(H2,23,26,27);1H. The van der Waals surface area contributed by atoms with Gasteiger partial charge >= 0.3 is 0 Å². The average Bonchev–Trinajstić information content (AvgIpc) is 2.80. The van der Waals surface area contributed by atoms with E-state index in [0.717, 1.165) is 12.5 Å². The number of pyridine rings is 1. The molecule has 3 N–H and O–H groups in total. The maximum absolute atomic E-state index is 12.1. The highest BCUT2D eigenvalue weighted by Gasteiger charge is 2.38. The molecule has 0 atom stereocenters. The number of carbonyl (C=O) groups excluding carboxylic acids is 1. The van der Waals surface area contributed by atoms with E-state index in [1.54, 1.807) is 31.6 Å². The van der Waals surface area contributed by atoms with Gasteiger partial charge < -0.3 is 16.0 Å². The third-order valence-corrected chi connectivity index (χ3v) is 6.25. The first-order chi connectivity index (χ1) is 14.2. The van der Waals surface area contributed by atoms with Gasteiger partial charge in [-0.3, -0.25) is 19.7 Å². The van der Waals surface area contributed by atoms with Gasteiger partial charge in [-0.2, -0.15) is 0 Å². The number of hydrogen-bond acceptors (Lipinski definition) is 4. The van der Waals surface area contributed by atoms with E-state index in [9.17, 15) is 4.79 Å². The van der Waals surface area contributed by atoms with Crippen molar-refractivity contribution >= 4 is 35.8 Å². The number of likely N-dealkylation sites (tertiary alicyclic amines) is 1. The normalized spacial score (nSPS) is 19.4. The summed E-state index contributed by atoms with van der Waals surface area (Å²) >= 11 is 0. The van der Waals surface area contributed by atoms with Crippen LogP contribution in [0.4, 0.5) is 0 Å². The second-order valence-electron chi connectivity index (χ2n) is 8.18. The molecule has 7 nitrogen and oxygen atoms in total. The van der Waals surface area contributed by atoms with Gasteiger partial charge in [-0.25, -0.2) is 0 Å². The molecule has 2 aliphatic rings. The fourth-order valence-electron chi connectivity index (χ4n) is 4.61. The molecule has 8 heteroatoms.